The molecule has 0 amide bonds. The van der Waals surface area contributed by atoms with Crippen LogP contribution in [0.15, 0.2) is 65.1 Å². The number of para-hydroxylation sites is 1. The van der Waals surface area contributed by atoms with Gasteiger partial charge in [0.2, 0.25) is 5.71 Å². The van der Waals surface area contributed by atoms with Crippen molar-refractivity contribution in [3.63, 3.8) is 0 Å². The molecule has 0 bridgehead atoms. The molecule has 2 aromatic heterocycles. The van der Waals surface area contributed by atoms with E-state index in [1.807, 2.05) is 0 Å². The quantitative estimate of drug-likeness (QED) is 0.498. The molecule has 0 saturated heterocycles. The van der Waals surface area contributed by atoms with Gasteiger partial charge in [-0.25, -0.2) is 0 Å². The molecule has 0 aliphatic heterocycles. The first-order chi connectivity index (χ1) is 12.5. The van der Waals surface area contributed by atoms with Gasteiger partial charge in [-0.3, -0.25) is 0 Å². The fourth-order valence-electron chi connectivity index (χ4n) is 2.78. The van der Waals surface area contributed by atoms with Gasteiger partial charge in [0.1, 0.15) is 11.5 Å². The number of fused-ring (bicyclic) bond motifs is 1. The fraction of sp³-hybridized carbons (Fsp3) is 0.105. The number of benzene rings is 2. The van der Waals surface area contributed by atoms with Gasteiger partial charge in [0, 0.05) is 5.56 Å². The Labute approximate surface area is 146 Å². The van der Waals surface area contributed by atoms with Gasteiger partial charge in [-0.2, -0.15) is 23.0 Å². The van der Waals surface area contributed by atoms with Crippen LogP contribution < -0.4 is 4.74 Å². The Kier molecular flexibility index (Phi) is 3.72. The minimum absolute atomic E-state index is 0.0429. The first-order valence-electron chi connectivity index (χ1n) is 7.77. The first-order valence-corrected chi connectivity index (χ1v) is 7.77. The van der Waals surface area contributed by atoms with E-state index >= 15 is 0 Å². The smallest absolute Gasteiger partial charge is 0.435 e. The lowest BCUT2D eigenvalue weighted by Crippen LogP contribution is -2.07. The molecular formula is C19H13F3N2O2. The van der Waals surface area contributed by atoms with Crippen molar-refractivity contribution >= 4 is 11.1 Å². The van der Waals surface area contributed by atoms with Gasteiger partial charge in [-0.15, -0.1) is 0 Å². The predicted octanol–water partition coefficient (Wildman–Crippen LogP) is 5.31. The molecule has 4 nitrogen and oxygen atoms in total. The molecule has 4 rings (SSSR count). The number of furan rings is 1. The molecular weight excluding hydrogens is 345 g/mol. The number of hydrogen-bond donors (Lipinski definition) is 0. The molecule has 0 fully saturated rings. The molecule has 26 heavy (non-hydrogen) atoms. The van der Waals surface area contributed by atoms with E-state index in [1.54, 1.807) is 54.6 Å². The molecule has 0 aliphatic rings. The van der Waals surface area contributed by atoms with Crippen LogP contribution in [0.5, 0.6) is 5.75 Å². The summed E-state index contributed by atoms with van der Waals surface area (Å²) in [5.74, 6) is 0.898. The average molecular weight is 358 g/mol. The molecule has 2 heterocycles. The third-order valence-electron chi connectivity index (χ3n) is 3.98. The van der Waals surface area contributed by atoms with Crippen LogP contribution in [0.1, 0.15) is 5.69 Å². The van der Waals surface area contributed by atoms with Crippen LogP contribution in [0.2, 0.25) is 0 Å². The zero-order valence-electron chi connectivity index (χ0n) is 13.6. The van der Waals surface area contributed by atoms with Gasteiger partial charge < -0.3 is 9.15 Å². The van der Waals surface area contributed by atoms with Crippen molar-refractivity contribution in [1.29, 1.82) is 0 Å². The maximum atomic E-state index is 13.4. The maximum absolute atomic E-state index is 13.4. The standard InChI is InChI=1S/C19H13F3N2O2/c1-25-14-9-5-6-12(10-14)16-11-15-17(19(20,21)22)23-24(18(15)26-16)13-7-3-2-4-8-13/h2-11H,1H3. The molecule has 0 saturated carbocycles. The third-order valence-corrected chi connectivity index (χ3v) is 3.98. The van der Waals surface area contributed by atoms with Gasteiger partial charge in [0.05, 0.1) is 18.2 Å². The Hall–Kier alpha value is -3.22. The van der Waals surface area contributed by atoms with Crippen molar-refractivity contribution in [3.05, 3.63) is 66.4 Å². The number of aromatic nitrogens is 2. The van der Waals surface area contributed by atoms with Crippen molar-refractivity contribution in [1.82, 2.24) is 9.78 Å². The van der Waals surface area contributed by atoms with Crippen LogP contribution in [0.25, 0.3) is 28.1 Å². The Morgan fingerprint density at radius 1 is 1.00 bits per heavy atom. The van der Waals surface area contributed by atoms with Crippen LogP contribution in [0.3, 0.4) is 0 Å². The predicted molar refractivity (Wildman–Crippen MR) is 90.3 cm³/mol. The molecule has 0 aliphatic carbocycles. The van der Waals surface area contributed by atoms with E-state index in [0.717, 1.165) is 0 Å². The Bertz CT molecular complexity index is 1070. The second-order valence-electron chi connectivity index (χ2n) is 5.66. The van der Waals surface area contributed by atoms with Crippen molar-refractivity contribution in [2.24, 2.45) is 0 Å². The minimum Gasteiger partial charge on any atom is -0.497 e. The maximum Gasteiger partial charge on any atom is 0.435 e. The van der Waals surface area contributed by atoms with E-state index in [9.17, 15) is 13.2 Å². The highest BCUT2D eigenvalue weighted by Gasteiger charge is 2.38. The van der Waals surface area contributed by atoms with Crippen molar-refractivity contribution in [3.8, 4) is 22.8 Å². The summed E-state index contributed by atoms with van der Waals surface area (Å²) >= 11 is 0. The van der Waals surface area contributed by atoms with Crippen molar-refractivity contribution in [2.75, 3.05) is 7.11 Å². The van der Waals surface area contributed by atoms with Crippen LogP contribution >= 0.6 is 0 Å². The number of alkyl halides is 3. The Morgan fingerprint density at radius 2 is 1.77 bits per heavy atom. The Balaban J connectivity index is 1.95. The number of methoxy groups -OCH3 is 1. The van der Waals surface area contributed by atoms with E-state index < -0.39 is 11.9 Å². The molecule has 0 atom stereocenters. The number of nitrogens with zero attached hydrogens (tertiary/aromatic N) is 2. The van der Waals surface area contributed by atoms with E-state index in [-0.39, 0.29) is 11.1 Å². The van der Waals surface area contributed by atoms with E-state index in [0.29, 0.717) is 22.8 Å². The average Bonchev–Trinajstić information content (AvgIpc) is 3.21. The second kappa shape index (κ2) is 5.94. The molecule has 132 valence electrons. The summed E-state index contributed by atoms with van der Waals surface area (Å²) in [7, 11) is 1.52. The van der Waals surface area contributed by atoms with Crippen LogP contribution in [0, 0.1) is 0 Å². The van der Waals surface area contributed by atoms with E-state index in [1.165, 1.54) is 17.9 Å². The van der Waals surface area contributed by atoms with Crippen molar-refractivity contribution in [2.45, 2.75) is 6.18 Å². The summed E-state index contributed by atoms with van der Waals surface area (Å²) in [6, 6.07) is 16.9. The summed E-state index contributed by atoms with van der Waals surface area (Å²) in [5.41, 5.74) is 0.170. The second-order valence-corrected chi connectivity index (χ2v) is 5.66. The summed E-state index contributed by atoms with van der Waals surface area (Å²) in [6.45, 7) is 0. The summed E-state index contributed by atoms with van der Waals surface area (Å²) in [5, 5.41) is 3.65. The molecule has 0 N–H and O–H groups in total. The van der Waals surface area contributed by atoms with Crippen LogP contribution in [-0.4, -0.2) is 16.9 Å². The number of rotatable bonds is 3. The highest BCUT2D eigenvalue weighted by Crippen LogP contribution is 2.39. The lowest BCUT2D eigenvalue weighted by atomic mass is 10.1. The molecule has 0 unspecified atom stereocenters. The normalized spacial score (nSPS) is 11.8. The monoisotopic (exact) mass is 358 g/mol. The lowest BCUT2D eigenvalue weighted by molar-refractivity contribution is -0.140. The third kappa shape index (κ3) is 2.71. The number of ether oxygens (including phenoxy) is 1. The van der Waals surface area contributed by atoms with Crippen LogP contribution in [-0.2, 0) is 6.18 Å². The molecule has 4 aromatic rings. The Morgan fingerprint density at radius 3 is 2.46 bits per heavy atom. The topological polar surface area (TPSA) is 40.2 Å². The van der Waals surface area contributed by atoms with Crippen LogP contribution in [0.4, 0.5) is 13.2 Å². The zero-order chi connectivity index (χ0) is 18.3. The van der Waals surface area contributed by atoms with Gasteiger partial charge >= 0.3 is 6.18 Å². The van der Waals surface area contributed by atoms with Gasteiger partial charge in [0.25, 0.3) is 0 Å². The lowest BCUT2D eigenvalue weighted by Gasteiger charge is -2.04. The van der Waals surface area contributed by atoms with Crippen molar-refractivity contribution < 1.29 is 22.3 Å². The summed E-state index contributed by atoms with van der Waals surface area (Å²) < 4.78 is 52.4. The fourth-order valence-corrected chi connectivity index (χ4v) is 2.78. The first kappa shape index (κ1) is 16.3. The van der Waals surface area contributed by atoms with Gasteiger partial charge in [0.15, 0.2) is 5.69 Å². The summed E-state index contributed by atoms with van der Waals surface area (Å²) in [4.78, 5) is 0. The highest BCUT2D eigenvalue weighted by atomic mass is 19.4. The highest BCUT2D eigenvalue weighted by molar-refractivity contribution is 5.84. The number of halogens is 3. The van der Waals surface area contributed by atoms with Gasteiger partial charge in [-0.05, 0) is 30.3 Å². The minimum atomic E-state index is -4.59. The SMILES string of the molecule is COc1cccc(-c2cc3c(C(F)(F)F)nn(-c4ccccc4)c3o2)c1. The molecule has 0 spiro atoms. The number of hydrogen-bond acceptors (Lipinski definition) is 3. The molecule has 0 radical (unpaired) electrons. The van der Waals surface area contributed by atoms with E-state index in [2.05, 4.69) is 5.10 Å². The zero-order valence-corrected chi connectivity index (χ0v) is 13.6. The summed E-state index contributed by atoms with van der Waals surface area (Å²) in [6.07, 6.45) is -4.59. The molecule has 2 aromatic carbocycles. The largest absolute Gasteiger partial charge is 0.497 e. The van der Waals surface area contributed by atoms with E-state index in [4.69, 9.17) is 9.15 Å². The van der Waals surface area contributed by atoms with Gasteiger partial charge in [-0.1, -0.05) is 30.3 Å². The molecule has 7 heteroatoms.